The van der Waals surface area contributed by atoms with Crippen LogP contribution < -0.4 is 0 Å². The molecular weight excluding hydrogens is 252 g/mol. The minimum Gasteiger partial charge on any atom is -0.0651 e. The molecule has 1 aliphatic rings. The largest absolute Gasteiger partial charge is 0.0651 e. The van der Waals surface area contributed by atoms with Crippen molar-refractivity contribution in [2.45, 2.75) is 101 Å². The van der Waals surface area contributed by atoms with Crippen LogP contribution in [0.5, 0.6) is 0 Å². The van der Waals surface area contributed by atoms with E-state index in [1.54, 1.807) is 0 Å². The van der Waals surface area contributed by atoms with Gasteiger partial charge in [0, 0.05) is 0 Å². The topological polar surface area (TPSA) is 0 Å². The van der Waals surface area contributed by atoms with Crippen LogP contribution in [0.15, 0.2) is 0 Å². The summed E-state index contributed by atoms with van der Waals surface area (Å²) in [6.07, 6.45) is 7.29. The zero-order chi connectivity index (χ0) is 17.0. The molecule has 0 aliphatic heterocycles. The van der Waals surface area contributed by atoms with Gasteiger partial charge in [-0.05, 0) is 35.5 Å². The lowest BCUT2D eigenvalue weighted by Crippen LogP contribution is -2.01. The SMILES string of the molecule is CC(C)C(C)C.CC(C)C1CCCC1.CCC(C)C(C)C. The van der Waals surface area contributed by atoms with Gasteiger partial charge in [0.25, 0.3) is 0 Å². The van der Waals surface area contributed by atoms with Gasteiger partial charge in [-0.1, -0.05) is 101 Å². The summed E-state index contributed by atoms with van der Waals surface area (Å²) in [5, 5.41) is 0. The second-order valence-corrected chi connectivity index (χ2v) is 8.41. The Bertz CT molecular complexity index is 188. The minimum absolute atomic E-state index is 0.852. The summed E-state index contributed by atoms with van der Waals surface area (Å²) in [7, 11) is 0. The Kier molecular flexibility index (Phi) is 15.1. The molecule has 0 N–H and O–H groups in total. The number of rotatable bonds is 4. The smallest absolute Gasteiger partial charge is 0.0391 e. The Morgan fingerprint density at radius 1 is 0.667 bits per heavy atom. The number of hydrogen-bond acceptors (Lipinski definition) is 0. The summed E-state index contributed by atoms with van der Waals surface area (Å²) in [5.74, 6) is 5.48. The van der Waals surface area contributed by atoms with Crippen LogP contribution >= 0.6 is 0 Å². The van der Waals surface area contributed by atoms with Gasteiger partial charge >= 0.3 is 0 Å². The van der Waals surface area contributed by atoms with Crippen molar-refractivity contribution in [3.05, 3.63) is 0 Å². The Morgan fingerprint density at radius 3 is 1.14 bits per heavy atom. The second-order valence-electron chi connectivity index (χ2n) is 8.41. The van der Waals surface area contributed by atoms with E-state index in [9.17, 15) is 0 Å². The first kappa shape index (κ1) is 23.3. The Hall–Kier alpha value is 0. The highest BCUT2D eigenvalue weighted by Crippen LogP contribution is 2.30. The van der Waals surface area contributed by atoms with Gasteiger partial charge < -0.3 is 0 Å². The molecule has 130 valence electrons. The van der Waals surface area contributed by atoms with Crippen LogP contribution in [0.25, 0.3) is 0 Å². The normalized spacial score (nSPS) is 16.9. The van der Waals surface area contributed by atoms with Gasteiger partial charge in [-0.3, -0.25) is 0 Å². The van der Waals surface area contributed by atoms with Gasteiger partial charge in [-0.2, -0.15) is 0 Å². The molecule has 1 atom stereocenters. The van der Waals surface area contributed by atoms with E-state index < -0.39 is 0 Å². The zero-order valence-electron chi connectivity index (χ0n) is 17.0. The van der Waals surface area contributed by atoms with E-state index in [1.807, 2.05) is 0 Å². The predicted molar refractivity (Wildman–Crippen MR) is 101 cm³/mol. The Labute approximate surface area is 137 Å². The first-order valence-corrected chi connectivity index (χ1v) is 9.63. The highest BCUT2D eigenvalue weighted by Gasteiger charge is 2.17. The zero-order valence-corrected chi connectivity index (χ0v) is 17.0. The third-order valence-electron chi connectivity index (χ3n) is 5.46. The monoisotopic (exact) mass is 298 g/mol. The van der Waals surface area contributed by atoms with Crippen molar-refractivity contribution >= 4 is 0 Å². The molecule has 0 aromatic heterocycles. The third kappa shape index (κ3) is 14.7. The van der Waals surface area contributed by atoms with Crippen molar-refractivity contribution in [3.8, 4) is 0 Å². The molecule has 0 aromatic rings. The van der Waals surface area contributed by atoms with Gasteiger partial charge in [0.2, 0.25) is 0 Å². The average Bonchev–Trinajstić information content (AvgIpc) is 2.93. The fourth-order valence-corrected chi connectivity index (χ4v) is 2.10. The first-order valence-electron chi connectivity index (χ1n) is 9.63. The summed E-state index contributed by atoms with van der Waals surface area (Å²) in [6.45, 7) is 22.7. The molecular formula is C21H46. The van der Waals surface area contributed by atoms with E-state index in [2.05, 4.69) is 69.2 Å². The van der Waals surface area contributed by atoms with Crippen molar-refractivity contribution in [2.75, 3.05) is 0 Å². The molecule has 0 heteroatoms. The molecule has 1 unspecified atom stereocenters. The van der Waals surface area contributed by atoms with E-state index >= 15 is 0 Å². The molecule has 1 fully saturated rings. The maximum Gasteiger partial charge on any atom is -0.0391 e. The average molecular weight is 299 g/mol. The molecule has 0 nitrogen and oxygen atoms in total. The lowest BCUT2D eigenvalue weighted by atomic mass is 9.95. The molecule has 1 aliphatic carbocycles. The Morgan fingerprint density at radius 2 is 1.05 bits per heavy atom. The van der Waals surface area contributed by atoms with Crippen LogP contribution in [0.3, 0.4) is 0 Å². The highest BCUT2D eigenvalue weighted by molar-refractivity contribution is 4.69. The fraction of sp³-hybridized carbons (Fsp3) is 1.00. The lowest BCUT2D eigenvalue weighted by Gasteiger charge is -2.11. The third-order valence-corrected chi connectivity index (χ3v) is 5.46. The first-order chi connectivity index (χ1) is 9.63. The van der Waals surface area contributed by atoms with Crippen molar-refractivity contribution in [1.29, 1.82) is 0 Å². The van der Waals surface area contributed by atoms with Crippen LogP contribution in [0.4, 0.5) is 0 Å². The van der Waals surface area contributed by atoms with E-state index in [4.69, 9.17) is 0 Å². The molecule has 0 spiro atoms. The quantitative estimate of drug-likeness (QED) is 0.496. The van der Waals surface area contributed by atoms with Crippen LogP contribution in [0.2, 0.25) is 0 Å². The van der Waals surface area contributed by atoms with Gasteiger partial charge in [0.05, 0.1) is 0 Å². The van der Waals surface area contributed by atoms with Crippen LogP contribution in [0, 0.1) is 35.5 Å². The summed E-state index contributed by atoms with van der Waals surface area (Å²) in [5.41, 5.74) is 0. The minimum atomic E-state index is 0.852. The molecule has 0 amide bonds. The molecule has 1 saturated carbocycles. The summed E-state index contributed by atoms with van der Waals surface area (Å²) in [4.78, 5) is 0. The molecule has 21 heavy (non-hydrogen) atoms. The van der Waals surface area contributed by atoms with Crippen molar-refractivity contribution in [1.82, 2.24) is 0 Å². The van der Waals surface area contributed by atoms with E-state index in [1.165, 1.54) is 32.1 Å². The summed E-state index contributed by atoms with van der Waals surface area (Å²) >= 11 is 0. The van der Waals surface area contributed by atoms with Crippen LogP contribution in [-0.4, -0.2) is 0 Å². The van der Waals surface area contributed by atoms with Crippen molar-refractivity contribution in [3.63, 3.8) is 0 Å². The second kappa shape index (κ2) is 13.6. The number of hydrogen-bond donors (Lipinski definition) is 0. The molecule has 0 aromatic carbocycles. The maximum atomic E-state index is 2.34. The van der Waals surface area contributed by atoms with E-state index in [0.29, 0.717) is 0 Å². The van der Waals surface area contributed by atoms with Crippen LogP contribution in [0.1, 0.15) is 101 Å². The summed E-state index contributed by atoms with van der Waals surface area (Å²) < 4.78 is 0. The molecule has 0 radical (unpaired) electrons. The lowest BCUT2D eigenvalue weighted by molar-refractivity contribution is 0.396. The van der Waals surface area contributed by atoms with Crippen molar-refractivity contribution < 1.29 is 0 Å². The van der Waals surface area contributed by atoms with Gasteiger partial charge in [-0.15, -0.1) is 0 Å². The van der Waals surface area contributed by atoms with E-state index in [0.717, 1.165) is 35.5 Å². The van der Waals surface area contributed by atoms with Gasteiger partial charge in [0.15, 0.2) is 0 Å². The standard InChI is InChI=1S/C8H16.C7H16.C6H14/c1-7(2)8-5-3-4-6-8;1-5-7(4)6(2)3;1-5(2)6(3)4/h7-8H,3-6H2,1-2H3;6-7H,5H2,1-4H3;5-6H,1-4H3. The maximum absolute atomic E-state index is 2.34. The van der Waals surface area contributed by atoms with Gasteiger partial charge in [-0.25, -0.2) is 0 Å². The summed E-state index contributed by atoms with van der Waals surface area (Å²) in [6, 6.07) is 0. The molecule has 0 bridgehead atoms. The molecule has 1 rings (SSSR count). The van der Waals surface area contributed by atoms with Crippen molar-refractivity contribution in [2.24, 2.45) is 35.5 Å². The van der Waals surface area contributed by atoms with Crippen LogP contribution in [-0.2, 0) is 0 Å². The van der Waals surface area contributed by atoms with E-state index in [-0.39, 0.29) is 0 Å². The molecule has 0 saturated heterocycles. The highest BCUT2D eigenvalue weighted by atomic mass is 14.2. The Balaban J connectivity index is 0. The predicted octanol–water partition coefficient (Wildman–Crippen LogP) is 7.82. The molecule has 0 heterocycles. The fourth-order valence-electron chi connectivity index (χ4n) is 2.10. The van der Waals surface area contributed by atoms with Gasteiger partial charge in [0.1, 0.15) is 0 Å².